The van der Waals surface area contributed by atoms with Gasteiger partial charge in [0.2, 0.25) is 0 Å². The fourth-order valence-electron chi connectivity index (χ4n) is 0.834. The number of rotatable bonds is 3. The molecule has 0 bridgehead atoms. The molecule has 0 aliphatic carbocycles. The van der Waals surface area contributed by atoms with E-state index in [1.807, 2.05) is 0 Å². The number of carboxylic acids is 1. The monoisotopic (exact) mass is 280 g/mol. The van der Waals surface area contributed by atoms with E-state index >= 15 is 0 Å². The van der Waals surface area contributed by atoms with Crippen LogP contribution in [-0.2, 0) is 4.79 Å². The average Bonchev–Trinajstić information content (AvgIpc) is 2.18. The maximum Gasteiger partial charge on any atom is 0.313 e. The number of thiocarbonyl (C=S) groups is 1. The van der Waals surface area contributed by atoms with Crippen LogP contribution in [0.3, 0.4) is 0 Å². The van der Waals surface area contributed by atoms with Crippen LogP contribution in [-0.4, -0.2) is 21.0 Å². The van der Waals surface area contributed by atoms with E-state index in [1.165, 1.54) is 0 Å². The van der Waals surface area contributed by atoms with Crippen LogP contribution in [0.5, 0.6) is 0 Å². The van der Waals surface area contributed by atoms with Crippen molar-refractivity contribution in [1.29, 1.82) is 0 Å². The van der Waals surface area contributed by atoms with E-state index in [4.69, 9.17) is 40.5 Å². The molecule has 0 heterocycles. The Bertz CT molecular complexity index is 407. The first-order valence-electron chi connectivity index (χ1n) is 3.84. The number of aliphatic carboxylic acids is 1. The van der Waals surface area contributed by atoms with Crippen molar-refractivity contribution in [2.24, 2.45) is 0 Å². The van der Waals surface area contributed by atoms with E-state index in [9.17, 15) is 4.79 Å². The van der Waals surface area contributed by atoms with E-state index in [2.05, 4.69) is 0 Å². The van der Waals surface area contributed by atoms with Crippen LogP contribution in [0.15, 0.2) is 18.2 Å². The molecule has 0 aromatic heterocycles. The van der Waals surface area contributed by atoms with Crippen LogP contribution in [0.1, 0.15) is 5.56 Å². The Morgan fingerprint density at radius 3 is 2.60 bits per heavy atom. The minimum atomic E-state index is -0.901. The molecule has 1 aromatic rings. The van der Waals surface area contributed by atoms with Crippen molar-refractivity contribution >= 4 is 57.3 Å². The number of carbonyl (C=O) groups is 1. The van der Waals surface area contributed by atoms with Crippen molar-refractivity contribution in [1.82, 2.24) is 0 Å². The molecule has 0 saturated heterocycles. The molecule has 1 rings (SSSR count). The first kappa shape index (κ1) is 12.8. The van der Waals surface area contributed by atoms with Gasteiger partial charge in [0.1, 0.15) is 0 Å². The van der Waals surface area contributed by atoms with Crippen molar-refractivity contribution < 1.29 is 9.90 Å². The second kappa shape index (κ2) is 5.70. The summed E-state index contributed by atoms with van der Waals surface area (Å²) in [4.78, 5) is 10.3. The van der Waals surface area contributed by atoms with Gasteiger partial charge in [0, 0.05) is 5.56 Å². The van der Waals surface area contributed by atoms with E-state index in [-0.39, 0.29) is 5.75 Å². The van der Waals surface area contributed by atoms with Crippen LogP contribution in [0.4, 0.5) is 0 Å². The third-order valence-corrected chi connectivity index (χ3v) is 3.70. The number of hydrogen-bond donors (Lipinski definition) is 1. The van der Waals surface area contributed by atoms with Crippen LogP contribution in [0, 0.1) is 0 Å². The van der Waals surface area contributed by atoms with Gasteiger partial charge >= 0.3 is 5.97 Å². The van der Waals surface area contributed by atoms with Crippen LogP contribution < -0.4 is 0 Å². The summed E-state index contributed by atoms with van der Waals surface area (Å²) in [6.45, 7) is 0. The quantitative estimate of drug-likeness (QED) is 0.861. The lowest BCUT2D eigenvalue weighted by atomic mass is 10.2. The maximum atomic E-state index is 10.3. The van der Waals surface area contributed by atoms with Gasteiger partial charge in [0.15, 0.2) is 0 Å². The molecule has 0 radical (unpaired) electrons. The van der Waals surface area contributed by atoms with Crippen molar-refractivity contribution in [3.05, 3.63) is 33.8 Å². The first-order chi connectivity index (χ1) is 7.00. The average molecular weight is 281 g/mol. The van der Waals surface area contributed by atoms with Crippen molar-refractivity contribution in [2.45, 2.75) is 0 Å². The van der Waals surface area contributed by atoms with Gasteiger partial charge in [-0.1, -0.05) is 41.5 Å². The highest BCUT2D eigenvalue weighted by Gasteiger charge is 2.07. The Morgan fingerprint density at radius 1 is 1.40 bits per heavy atom. The molecule has 0 unspecified atom stereocenters. The minimum Gasteiger partial charge on any atom is -0.481 e. The molecule has 0 aliphatic rings. The molecule has 1 N–H and O–H groups in total. The molecule has 1 aromatic carbocycles. The lowest BCUT2D eigenvalue weighted by Crippen LogP contribution is -2.02. The van der Waals surface area contributed by atoms with Gasteiger partial charge in [-0.2, -0.15) is 0 Å². The molecule has 0 fully saturated rings. The normalized spacial score (nSPS) is 10.0. The van der Waals surface area contributed by atoms with E-state index in [0.29, 0.717) is 19.8 Å². The predicted molar refractivity (Wildman–Crippen MR) is 68.3 cm³/mol. The smallest absolute Gasteiger partial charge is 0.313 e. The summed E-state index contributed by atoms with van der Waals surface area (Å²) < 4.78 is 0.496. The van der Waals surface area contributed by atoms with Crippen molar-refractivity contribution in [2.75, 3.05) is 5.75 Å². The van der Waals surface area contributed by atoms with Crippen molar-refractivity contribution in [3.63, 3.8) is 0 Å². The Labute approximate surface area is 107 Å². The molecule has 0 amide bonds. The van der Waals surface area contributed by atoms with E-state index < -0.39 is 5.97 Å². The third kappa shape index (κ3) is 3.99. The zero-order chi connectivity index (χ0) is 11.4. The number of benzene rings is 1. The SMILES string of the molecule is O=C(O)CSC(=S)c1ccc(Cl)c(Cl)c1. The Hall–Kier alpha value is -0.290. The van der Waals surface area contributed by atoms with Gasteiger partial charge in [-0.15, -0.1) is 11.8 Å². The molecular weight excluding hydrogens is 275 g/mol. The molecule has 0 spiro atoms. The fourth-order valence-corrected chi connectivity index (χ4v) is 1.98. The third-order valence-electron chi connectivity index (χ3n) is 1.48. The molecular formula is C9H6Cl2O2S2. The molecule has 0 saturated carbocycles. The summed E-state index contributed by atoms with van der Waals surface area (Å²) in [5.41, 5.74) is 0.714. The summed E-state index contributed by atoms with van der Waals surface area (Å²) in [5, 5.41) is 9.34. The van der Waals surface area contributed by atoms with Gasteiger partial charge in [-0.25, -0.2) is 0 Å². The summed E-state index contributed by atoms with van der Waals surface area (Å²) in [7, 11) is 0. The summed E-state index contributed by atoms with van der Waals surface area (Å²) in [6, 6.07) is 4.97. The minimum absolute atomic E-state index is 0.0565. The van der Waals surface area contributed by atoms with Gasteiger partial charge in [0.05, 0.1) is 20.0 Å². The number of carboxylic acid groups (broad SMARTS) is 1. The second-order valence-electron chi connectivity index (χ2n) is 2.60. The van der Waals surface area contributed by atoms with Crippen LogP contribution >= 0.6 is 47.2 Å². The van der Waals surface area contributed by atoms with Gasteiger partial charge in [-0.05, 0) is 12.1 Å². The van der Waals surface area contributed by atoms with Gasteiger partial charge in [0.25, 0.3) is 0 Å². The summed E-state index contributed by atoms with van der Waals surface area (Å²) >= 11 is 17.7. The van der Waals surface area contributed by atoms with Crippen LogP contribution in [0.25, 0.3) is 0 Å². The zero-order valence-corrected chi connectivity index (χ0v) is 10.5. The Morgan fingerprint density at radius 2 is 2.07 bits per heavy atom. The largest absolute Gasteiger partial charge is 0.481 e. The number of halogens is 2. The molecule has 6 heteroatoms. The second-order valence-corrected chi connectivity index (χ2v) is 5.07. The van der Waals surface area contributed by atoms with E-state index in [1.54, 1.807) is 18.2 Å². The topological polar surface area (TPSA) is 37.3 Å². The molecule has 2 nitrogen and oxygen atoms in total. The summed E-state index contributed by atoms with van der Waals surface area (Å²) in [6.07, 6.45) is 0. The molecule has 80 valence electrons. The lowest BCUT2D eigenvalue weighted by Gasteiger charge is -2.03. The predicted octanol–water partition coefficient (Wildman–Crippen LogP) is 3.49. The zero-order valence-electron chi connectivity index (χ0n) is 7.37. The molecule has 15 heavy (non-hydrogen) atoms. The first-order valence-corrected chi connectivity index (χ1v) is 5.99. The number of hydrogen-bond acceptors (Lipinski definition) is 3. The highest BCUT2D eigenvalue weighted by atomic mass is 35.5. The van der Waals surface area contributed by atoms with Crippen molar-refractivity contribution in [3.8, 4) is 0 Å². The fraction of sp³-hybridized carbons (Fsp3) is 0.111. The Kier molecular flexibility index (Phi) is 4.86. The highest BCUT2D eigenvalue weighted by molar-refractivity contribution is 8.24. The van der Waals surface area contributed by atoms with Crippen LogP contribution in [0.2, 0.25) is 10.0 Å². The lowest BCUT2D eigenvalue weighted by molar-refractivity contribution is -0.133. The summed E-state index contributed by atoms with van der Waals surface area (Å²) in [5.74, 6) is -0.957. The Balaban J connectivity index is 2.74. The van der Waals surface area contributed by atoms with E-state index in [0.717, 1.165) is 11.8 Å². The molecule has 0 atom stereocenters. The molecule has 0 aliphatic heterocycles. The standard InChI is InChI=1S/C9H6Cl2O2S2/c10-6-2-1-5(3-7(6)11)9(14)15-4-8(12)13/h1-3H,4H2,(H,12,13). The van der Waals surface area contributed by atoms with Gasteiger partial charge < -0.3 is 5.11 Å². The van der Waals surface area contributed by atoms with Gasteiger partial charge in [-0.3, -0.25) is 4.79 Å². The highest BCUT2D eigenvalue weighted by Crippen LogP contribution is 2.25. The number of thioether (sulfide) groups is 1. The maximum absolute atomic E-state index is 10.3.